The van der Waals surface area contributed by atoms with Crippen LogP contribution in [-0.2, 0) is 22.7 Å². The van der Waals surface area contributed by atoms with Gasteiger partial charge >= 0.3 is 12.5 Å². The van der Waals surface area contributed by atoms with Gasteiger partial charge in [-0.15, -0.1) is 13.2 Å². The van der Waals surface area contributed by atoms with Crippen LogP contribution in [0, 0.1) is 0 Å². The van der Waals surface area contributed by atoms with Crippen LogP contribution in [0.15, 0.2) is 11.0 Å². The number of pyridine rings is 1. The molecule has 1 heterocycles. The molecule has 1 aromatic rings. The van der Waals surface area contributed by atoms with Crippen molar-refractivity contribution in [2.75, 3.05) is 0 Å². The molecule has 0 fully saturated rings. The lowest BCUT2D eigenvalue weighted by molar-refractivity contribution is -0.276. The molecule has 6 nitrogen and oxygen atoms in total. The number of alkyl halides is 6. The number of ether oxygens (including phenoxy) is 1. The van der Waals surface area contributed by atoms with Gasteiger partial charge < -0.3 is 10.5 Å². The molecule has 21 heavy (non-hydrogen) atoms. The maximum atomic E-state index is 12.6. The summed E-state index contributed by atoms with van der Waals surface area (Å²) in [6, 6.07) is -0.0131. The number of primary sulfonamides is 1. The van der Waals surface area contributed by atoms with Gasteiger partial charge in [0.25, 0.3) is 0 Å². The lowest BCUT2D eigenvalue weighted by Gasteiger charge is -2.17. The first-order valence-electron chi connectivity index (χ1n) is 4.85. The summed E-state index contributed by atoms with van der Waals surface area (Å²) in [6.45, 7) is -0.791. The molecule has 1 aromatic heterocycles. The Hall–Kier alpha value is -1.60. The van der Waals surface area contributed by atoms with E-state index in [0.717, 1.165) is 0 Å². The Morgan fingerprint density at radius 2 is 1.71 bits per heavy atom. The predicted octanol–water partition coefficient (Wildman–Crippen LogP) is 1.11. The van der Waals surface area contributed by atoms with E-state index in [2.05, 4.69) is 14.9 Å². The van der Waals surface area contributed by atoms with Crippen molar-refractivity contribution in [3.63, 3.8) is 0 Å². The van der Waals surface area contributed by atoms with Gasteiger partial charge in [0, 0.05) is 12.6 Å². The lowest BCUT2D eigenvalue weighted by atomic mass is 10.2. The zero-order valence-corrected chi connectivity index (χ0v) is 10.6. The molecule has 0 aliphatic carbocycles. The molecule has 0 saturated carbocycles. The van der Waals surface area contributed by atoms with Crippen molar-refractivity contribution >= 4 is 10.0 Å². The van der Waals surface area contributed by atoms with Crippen LogP contribution >= 0.6 is 0 Å². The molecule has 0 amide bonds. The van der Waals surface area contributed by atoms with Crippen LogP contribution in [0.4, 0.5) is 26.3 Å². The molecular formula is C8H7F6N3O3S. The van der Waals surface area contributed by atoms with E-state index in [0.29, 0.717) is 0 Å². The number of nitrogens with two attached hydrogens (primary N) is 2. The van der Waals surface area contributed by atoms with Gasteiger partial charge in [0.15, 0.2) is 11.4 Å². The summed E-state index contributed by atoms with van der Waals surface area (Å²) in [7, 11) is -4.64. The van der Waals surface area contributed by atoms with Gasteiger partial charge in [0.1, 0.15) is 4.90 Å². The minimum atomic E-state index is -5.48. The monoisotopic (exact) mass is 339 g/mol. The van der Waals surface area contributed by atoms with Crippen LogP contribution in [0.2, 0.25) is 0 Å². The Labute approximate surface area is 113 Å². The number of sulfonamides is 1. The van der Waals surface area contributed by atoms with Gasteiger partial charge in [0.2, 0.25) is 10.0 Å². The van der Waals surface area contributed by atoms with E-state index in [1.54, 1.807) is 0 Å². The lowest BCUT2D eigenvalue weighted by Crippen LogP contribution is -2.24. The molecule has 1 rings (SSSR count). The topological polar surface area (TPSA) is 108 Å². The Morgan fingerprint density at radius 3 is 2.05 bits per heavy atom. The third kappa shape index (κ3) is 4.44. The van der Waals surface area contributed by atoms with E-state index < -0.39 is 51.1 Å². The number of rotatable bonds is 3. The summed E-state index contributed by atoms with van der Waals surface area (Å²) in [5.74, 6) is -1.84. The molecule has 0 aliphatic heterocycles. The number of nitrogens with zero attached hydrogens (tertiary/aromatic N) is 1. The molecule has 0 spiro atoms. The second-order valence-corrected chi connectivity index (χ2v) is 5.10. The van der Waals surface area contributed by atoms with Gasteiger partial charge in [-0.05, 0) is 0 Å². The van der Waals surface area contributed by atoms with Crippen molar-refractivity contribution < 1.29 is 39.5 Å². The number of hydrogen-bond donors (Lipinski definition) is 2. The second kappa shape index (κ2) is 5.31. The maximum absolute atomic E-state index is 12.6. The first-order valence-corrected chi connectivity index (χ1v) is 6.40. The number of aromatic nitrogens is 1. The zero-order chi connectivity index (χ0) is 16.6. The summed E-state index contributed by atoms with van der Waals surface area (Å²) in [4.78, 5) is 1.69. The molecule has 0 aromatic carbocycles. The largest absolute Gasteiger partial charge is 0.573 e. The minimum absolute atomic E-state index is 0.0131. The standard InChI is InChI=1S/C8H7F6N3O3S/c9-7(10,11)6-4(20-8(12,13)14)1-5(21(16,18)19)3(2-15)17-6/h1H,2,15H2,(H2,16,18,19). The van der Waals surface area contributed by atoms with Crippen LogP contribution in [0.3, 0.4) is 0 Å². The molecule has 0 saturated heterocycles. The van der Waals surface area contributed by atoms with Gasteiger partial charge in [-0.1, -0.05) is 0 Å². The molecule has 4 N–H and O–H groups in total. The smallest absolute Gasteiger partial charge is 0.403 e. The predicted molar refractivity (Wildman–Crippen MR) is 55.2 cm³/mol. The summed E-state index contributed by atoms with van der Waals surface area (Å²) < 4.78 is 99.7. The Morgan fingerprint density at radius 1 is 1.19 bits per heavy atom. The van der Waals surface area contributed by atoms with E-state index in [1.165, 1.54) is 0 Å². The highest BCUT2D eigenvalue weighted by Crippen LogP contribution is 2.38. The molecule has 0 radical (unpaired) electrons. The highest BCUT2D eigenvalue weighted by atomic mass is 32.2. The summed E-state index contributed by atoms with van der Waals surface area (Å²) in [5.41, 5.74) is 2.13. The van der Waals surface area contributed by atoms with E-state index in [-0.39, 0.29) is 6.07 Å². The molecule has 0 aliphatic rings. The fourth-order valence-corrected chi connectivity index (χ4v) is 2.04. The average Bonchev–Trinajstić information content (AvgIpc) is 2.23. The minimum Gasteiger partial charge on any atom is -0.403 e. The van der Waals surface area contributed by atoms with E-state index >= 15 is 0 Å². The van der Waals surface area contributed by atoms with Crippen LogP contribution < -0.4 is 15.6 Å². The fourth-order valence-electron chi connectivity index (χ4n) is 1.31. The Bertz CT molecular complexity index is 640. The Kier molecular flexibility index (Phi) is 4.41. The molecular weight excluding hydrogens is 332 g/mol. The van der Waals surface area contributed by atoms with E-state index in [1.807, 2.05) is 0 Å². The SMILES string of the molecule is NCc1nc(C(F)(F)F)c(OC(F)(F)F)cc1S(N)(=O)=O. The number of halogens is 6. The van der Waals surface area contributed by atoms with Crippen LogP contribution in [-0.4, -0.2) is 19.8 Å². The van der Waals surface area contributed by atoms with Gasteiger partial charge in [-0.25, -0.2) is 18.5 Å². The van der Waals surface area contributed by atoms with Crippen molar-refractivity contribution in [3.8, 4) is 5.75 Å². The number of hydrogen-bond acceptors (Lipinski definition) is 5. The molecule has 0 bridgehead atoms. The van der Waals surface area contributed by atoms with Gasteiger partial charge in [-0.2, -0.15) is 13.2 Å². The first-order chi connectivity index (χ1) is 9.25. The van der Waals surface area contributed by atoms with Crippen molar-refractivity contribution in [3.05, 3.63) is 17.5 Å². The van der Waals surface area contributed by atoms with Gasteiger partial charge in [-0.3, -0.25) is 0 Å². The maximum Gasteiger partial charge on any atom is 0.573 e. The molecule has 0 atom stereocenters. The van der Waals surface area contributed by atoms with Crippen LogP contribution in [0.5, 0.6) is 5.75 Å². The highest BCUT2D eigenvalue weighted by molar-refractivity contribution is 7.89. The second-order valence-electron chi connectivity index (χ2n) is 3.57. The third-order valence-electron chi connectivity index (χ3n) is 2.02. The van der Waals surface area contributed by atoms with E-state index in [4.69, 9.17) is 5.73 Å². The van der Waals surface area contributed by atoms with Crippen molar-refractivity contribution in [2.24, 2.45) is 10.9 Å². The fraction of sp³-hybridized carbons (Fsp3) is 0.375. The van der Waals surface area contributed by atoms with Crippen molar-refractivity contribution in [1.29, 1.82) is 0 Å². The quantitative estimate of drug-likeness (QED) is 0.802. The van der Waals surface area contributed by atoms with E-state index in [9.17, 15) is 34.8 Å². The van der Waals surface area contributed by atoms with Crippen molar-refractivity contribution in [2.45, 2.75) is 24.0 Å². The average molecular weight is 339 g/mol. The summed E-state index contributed by atoms with van der Waals surface area (Å²) in [5, 5.41) is 4.68. The zero-order valence-electron chi connectivity index (χ0n) is 9.79. The molecule has 120 valence electrons. The summed E-state index contributed by atoms with van der Waals surface area (Å²) in [6.07, 6.45) is -10.8. The Balaban J connectivity index is 3.66. The molecule has 13 heteroatoms. The first kappa shape index (κ1) is 17.5. The molecule has 0 unspecified atom stereocenters. The van der Waals surface area contributed by atoms with Crippen molar-refractivity contribution in [1.82, 2.24) is 4.98 Å². The van der Waals surface area contributed by atoms with Crippen LogP contribution in [0.1, 0.15) is 11.4 Å². The summed E-state index contributed by atoms with van der Waals surface area (Å²) >= 11 is 0. The highest BCUT2D eigenvalue weighted by Gasteiger charge is 2.42. The normalized spacial score (nSPS) is 13.3. The third-order valence-corrected chi connectivity index (χ3v) is 2.99. The van der Waals surface area contributed by atoms with Crippen LogP contribution in [0.25, 0.3) is 0 Å². The van der Waals surface area contributed by atoms with Gasteiger partial charge in [0.05, 0.1) is 5.69 Å².